The number of halogens is 1. The summed E-state index contributed by atoms with van der Waals surface area (Å²) in [5.41, 5.74) is 0.622. The summed E-state index contributed by atoms with van der Waals surface area (Å²) in [4.78, 5) is 28.7. The lowest BCUT2D eigenvalue weighted by Gasteiger charge is -2.26. The van der Waals surface area contributed by atoms with Crippen molar-refractivity contribution in [1.82, 2.24) is 4.90 Å². The highest BCUT2D eigenvalue weighted by Gasteiger charge is 2.42. The number of carbonyl (C=O) groups is 1. The van der Waals surface area contributed by atoms with Crippen LogP contribution in [0.1, 0.15) is 68.3 Å². The molecule has 0 N–H and O–H groups in total. The van der Waals surface area contributed by atoms with E-state index in [1.165, 1.54) is 12.1 Å². The third-order valence-corrected chi connectivity index (χ3v) is 6.38. The second-order valence-electron chi connectivity index (χ2n) is 9.93. The third-order valence-electron chi connectivity index (χ3n) is 6.38. The van der Waals surface area contributed by atoms with Crippen LogP contribution in [0.25, 0.3) is 11.0 Å². The predicted molar refractivity (Wildman–Crippen MR) is 139 cm³/mol. The number of nitrogens with zero attached hydrogens (tertiary/aromatic N) is 1. The Bertz CT molecular complexity index is 1330. The molecule has 1 unspecified atom stereocenters. The van der Waals surface area contributed by atoms with E-state index in [1.807, 2.05) is 19.9 Å². The van der Waals surface area contributed by atoms with Crippen LogP contribution in [0.5, 0.6) is 11.5 Å². The van der Waals surface area contributed by atoms with Crippen molar-refractivity contribution in [2.24, 2.45) is 5.92 Å². The van der Waals surface area contributed by atoms with Crippen molar-refractivity contribution in [2.75, 3.05) is 26.9 Å². The van der Waals surface area contributed by atoms with E-state index in [1.54, 1.807) is 24.1 Å². The second-order valence-corrected chi connectivity index (χ2v) is 9.93. The fourth-order valence-corrected chi connectivity index (χ4v) is 4.50. The summed E-state index contributed by atoms with van der Waals surface area (Å²) in [5, 5.41) is 0.0992. The van der Waals surface area contributed by atoms with E-state index in [2.05, 4.69) is 13.8 Å². The molecule has 4 rings (SSSR count). The topological polar surface area (TPSA) is 78.2 Å². The molecular formula is C29H34FNO6. The summed E-state index contributed by atoms with van der Waals surface area (Å²) in [6.45, 7) is 9.50. The summed E-state index contributed by atoms with van der Waals surface area (Å²) in [5.74, 6) is 0.632. The largest absolute Gasteiger partial charge is 0.493 e. The van der Waals surface area contributed by atoms with Gasteiger partial charge < -0.3 is 23.5 Å². The van der Waals surface area contributed by atoms with Gasteiger partial charge in [-0.3, -0.25) is 9.59 Å². The van der Waals surface area contributed by atoms with Gasteiger partial charge >= 0.3 is 0 Å². The van der Waals surface area contributed by atoms with Gasteiger partial charge in [-0.2, -0.15) is 0 Å². The first-order valence-corrected chi connectivity index (χ1v) is 12.7. The Morgan fingerprint density at radius 2 is 1.81 bits per heavy atom. The van der Waals surface area contributed by atoms with E-state index in [0.29, 0.717) is 49.2 Å². The molecular weight excluding hydrogens is 477 g/mol. The molecule has 0 radical (unpaired) electrons. The molecule has 1 amide bonds. The number of fused-ring (bicyclic) bond motifs is 2. The molecule has 8 heteroatoms. The van der Waals surface area contributed by atoms with Gasteiger partial charge in [0.15, 0.2) is 16.9 Å². The summed E-state index contributed by atoms with van der Waals surface area (Å²) in [6.07, 6.45) is 1.54. The number of hydrogen-bond acceptors (Lipinski definition) is 6. The van der Waals surface area contributed by atoms with Crippen LogP contribution in [0.3, 0.4) is 0 Å². The fourth-order valence-electron chi connectivity index (χ4n) is 4.50. The molecule has 0 spiro atoms. The number of amides is 1. The smallest absolute Gasteiger partial charge is 0.290 e. The van der Waals surface area contributed by atoms with Crippen LogP contribution in [-0.4, -0.2) is 43.8 Å². The van der Waals surface area contributed by atoms with Gasteiger partial charge in [-0.1, -0.05) is 19.9 Å². The second kappa shape index (κ2) is 11.3. The van der Waals surface area contributed by atoms with Crippen LogP contribution in [0.4, 0.5) is 4.39 Å². The zero-order valence-electron chi connectivity index (χ0n) is 22.0. The van der Waals surface area contributed by atoms with Crippen molar-refractivity contribution in [2.45, 2.75) is 52.7 Å². The van der Waals surface area contributed by atoms with Crippen LogP contribution in [-0.2, 0) is 4.74 Å². The van der Waals surface area contributed by atoms with Gasteiger partial charge in [0.25, 0.3) is 5.91 Å². The van der Waals surface area contributed by atoms with Gasteiger partial charge in [-0.15, -0.1) is 0 Å². The molecule has 7 nitrogen and oxygen atoms in total. The zero-order valence-corrected chi connectivity index (χ0v) is 22.0. The molecule has 1 atom stereocenters. The van der Waals surface area contributed by atoms with E-state index in [4.69, 9.17) is 18.6 Å². The molecule has 1 aromatic heterocycles. The molecule has 0 saturated carbocycles. The van der Waals surface area contributed by atoms with Gasteiger partial charge in [0.1, 0.15) is 11.4 Å². The van der Waals surface area contributed by atoms with E-state index < -0.39 is 17.3 Å². The molecule has 0 aliphatic carbocycles. The maximum Gasteiger partial charge on any atom is 0.290 e. The number of methoxy groups -OCH3 is 1. The molecule has 3 aromatic rings. The van der Waals surface area contributed by atoms with Crippen molar-refractivity contribution in [3.8, 4) is 11.5 Å². The lowest BCUT2D eigenvalue weighted by Crippen LogP contribution is -2.31. The summed E-state index contributed by atoms with van der Waals surface area (Å²) >= 11 is 0. The summed E-state index contributed by atoms with van der Waals surface area (Å²) in [7, 11) is 1.55. The highest BCUT2D eigenvalue weighted by molar-refractivity contribution is 5.99. The Balaban J connectivity index is 1.77. The van der Waals surface area contributed by atoms with Crippen LogP contribution in [0.2, 0.25) is 0 Å². The Morgan fingerprint density at radius 1 is 1.03 bits per heavy atom. The van der Waals surface area contributed by atoms with Gasteiger partial charge in [-0.05, 0) is 68.5 Å². The highest BCUT2D eigenvalue weighted by atomic mass is 19.1. The first kappa shape index (κ1) is 26.7. The number of hydrogen-bond donors (Lipinski definition) is 0. The minimum absolute atomic E-state index is 0.0184. The Morgan fingerprint density at radius 3 is 2.51 bits per heavy atom. The number of carbonyl (C=O) groups excluding carboxylic acids is 1. The Kier molecular flexibility index (Phi) is 8.17. The average Bonchev–Trinajstić information content (AvgIpc) is 3.13. The number of ether oxygens (including phenoxy) is 3. The van der Waals surface area contributed by atoms with Crippen molar-refractivity contribution >= 4 is 16.9 Å². The minimum atomic E-state index is -0.718. The Labute approximate surface area is 216 Å². The van der Waals surface area contributed by atoms with Gasteiger partial charge in [-0.25, -0.2) is 4.39 Å². The van der Waals surface area contributed by atoms with Gasteiger partial charge in [0.2, 0.25) is 5.76 Å². The summed E-state index contributed by atoms with van der Waals surface area (Å²) < 4.78 is 37.1. The first-order valence-electron chi connectivity index (χ1n) is 12.7. The normalized spacial score (nSPS) is 15.2. The van der Waals surface area contributed by atoms with Crippen molar-refractivity contribution in [1.29, 1.82) is 0 Å². The van der Waals surface area contributed by atoms with Gasteiger partial charge in [0, 0.05) is 13.2 Å². The van der Waals surface area contributed by atoms with Crippen LogP contribution >= 0.6 is 0 Å². The molecule has 0 fully saturated rings. The van der Waals surface area contributed by atoms with E-state index in [-0.39, 0.29) is 34.3 Å². The molecule has 1 aliphatic heterocycles. The first-order chi connectivity index (χ1) is 17.7. The SMILES string of the molecule is COc1cc(C2c3c(oc4ccc(F)cc4c3=O)C(=O)N2CCCOC(C)C)ccc1OCCC(C)C. The molecule has 1 aliphatic rings. The molecule has 198 valence electrons. The van der Waals surface area contributed by atoms with Crippen molar-refractivity contribution in [3.63, 3.8) is 0 Å². The van der Waals surface area contributed by atoms with E-state index >= 15 is 0 Å². The maximum atomic E-state index is 14.0. The van der Waals surface area contributed by atoms with E-state index in [0.717, 1.165) is 12.5 Å². The fraction of sp³-hybridized carbons (Fsp3) is 0.448. The average molecular weight is 512 g/mol. The summed E-state index contributed by atoms with van der Waals surface area (Å²) in [6, 6.07) is 8.41. The zero-order chi connectivity index (χ0) is 26.7. The number of benzene rings is 2. The van der Waals surface area contributed by atoms with Crippen molar-refractivity contribution < 1.29 is 27.8 Å². The monoisotopic (exact) mass is 511 g/mol. The minimum Gasteiger partial charge on any atom is -0.493 e. The quantitative estimate of drug-likeness (QED) is 0.306. The van der Waals surface area contributed by atoms with Gasteiger partial charge in [0.05, 0.1) is 36.8 Å². The van der Waals surface area contributed by atoms with Crippen LogP contribution in [0, 0.1) is 11.7 Å². The lowest BCUT2D eigenvalue weighted by atomic mass is 9.98. The highest BCUT2D eigenvalue weighted by Crippen LogP contribution is 2.41. The molecule has 0 saturated heterocycles. The lowest BCUT2D eigenvalue weighted by molar-refractivity contribution is 0.0593. The molecule has 2 heterocycles. The molecule has 0 bridgehead atoms. The third kappa shape index (κ3) is 5.64. The Hall–Kier alpha value is -3.39. The van der Waals surface area contributed by atoms with Crippen molar-refractivity contribution in [3.05, 3.63) is 69.3 Å². The molecule has 2 aromatic carbocycles. The molecule has 37 heavy (non-hydrogen) atoms. The maximum absolute atomic E-state index is 14.0. The predicted octanol–water partition coefficient (Wildman–Crippen LogP) is 5.73. The van der Waals surface area contributed by atoms with Crippen LogP contribution < -0.4 is 14.9 Å². The van der Waals surface area contributed by atoms with Crippen LogP contribution in [0.15, 0.2) is 45.6 Å². The number of rotatable bonds is 11. The van der Waals surface area contributed by atoms with E-state index in [9.17, 15) is 14.0 Å². The standard InChI is InChI=1S/C29H34FNO6/c1-17(2)11-14-36-23-9-7-19(15-24(23)34-5)26-25-27(32)21-16-20(30)8-10-22(21)37-28(25)29(33)31(26)12-6-13-35-18(3)4/h7-10,15-18,26H,6,11-14H2,1-5H3.